The van der Waals surface area contributed by atoms with E-state index in [1.165, 1.54) is 39.4 Å². The van der Waals surface area contributed by atoms with Gasteiger partial charge >= 0.3 is 0 Å². The van der Waals surface area contributed by atoms with Crippen molar-refractivity contribution in [1.29, 1.82) is 0 Å². The number of aliphatic hydroxyl groups is 2. The SMILES string of the molecule is C[C@@H](N(CCO)C(=S)Nc1ccc(-n2ncnn2)cc1)[C@](O)(Cn1cncn1)c1ccc(F)cc1F. The lowest BCUT2D eigenvalue weighted by atomic mass is 9.85. The van der Waals surface area contributed by atoms with Crippen LogP contribution < -0.4 is 5.32 Å². The Morgan fingerprint density at radius 2 is 1.94 bits per heavy atom. The molecule has 4 rings (SSSR count). The van der Waals surface area contributed by atoms with Crippen LogP contribution in [0.1, 0.15) is 12.5 Å². The number of hydrogen-bond donors (Lipinski definition) is 3. The van der Waals surface area contributed by atoms with E-state index in [4.69, 9.17) is 12.2 Å². The number of thiocarbonyl (C=S) groups is 1. The van der Waals surface area contributed by atoms with E-state index in [0.29, 0.717) is 17.4 Å². The highest BCUT2D eigenvalue weighted by Gasteiger charge is 2.42. The number of rotatable bonds is 9. The van der Waals surface area contributed by atoms with Gasteiger partial charge in [-0.2, -0.15) is 5.10 Å². The molecular formula is C22H23F2N9O2S. The Morgan fingerprint density at radius 1 is 1.17 bits per heavy atom. The molecule has 0 amide bonds. The molecule has 188 valence electrons. The van der Waals surface area contributed by atoms with Crippen molar-refractivity contribution < 1.29 is 19.0 Å². The van der Waals surface area contributed by atoms with Crippen LogP contribution in [0.15, 0.2) is 61.4 Å². The van der Waals surface area contributed by atoms with Crippen LogP contribution in [0.25, 0.3) is 5.69 Å². The van der Waals surface area contributed by atoms with Gasteiger partial charge in [0.05, 0.1) is 24.9 Å². The van der Waals surface area contributed by atoms with Crippen molar-refractivity contribution in [2.24, 2.45) is 0 Å². The molecule has 36 heavy (non-hydrogen) atoms. The van der Waals surface area contributed by atoms with Crippen molar-refractivity contribution in [3.8, 4) is 5.69 Å². The molecule has 0 unspecified atom stereocenters. The number of nitrogens with zero attached hydrogens (tertiary/aromatic N) is 8. The maximum absolute atomic E-state index is 14.9. The first-order valence-corrected chi connectivity index (χ1v) is 11.2. The molecule has 0 fully saturated rings. The first-order chi connectivity index (χ1) is 17.3. The van der Waals surface area contributed by atoms with Crippen LogP contribution in [0, 0.1) is 11.6 Å². The second-order valence-electron chi connectivity index (χ2n) is 7.94. The molecule has 4 aromatic rings. The number of halogens is 2. The van der Waals surface area contributed by atoms with Crippen molar-refractivity contribution in [3.63, 3.8) is 0 Å². The van der Waals surface area contributed by atoms with E-state index < -0.39 is 23.3 Å². The maximum Gasteiger partial charge on any atom is 0.173 e. The number of benzene rings is 2. The predicted octanol–water partition coefficient (Wildman–Crippen LogP) is 1.50. The minimum atomic E-state index is -1.94. The van der Waals surface area contributed by atoms with Crippen molar-refractivity contribution in [2.75, 3.05) is 18.5 Å². The minimum absolute atomic E-state index is 0.0242. The number of tetrazole rings is 1. The molecule has 0 saturated carbocycles. The molecule has 0 aliphatic rings. The third-order valence-electron chi connectivity index (χ3n) is 5.73. The van der Waals surface area contributed by atoms with E-state index in [0.717, 1.165) is 6.07 Å². The fourth-order valence-electron chi connectivity index (χ4n) is 3.84. The smallest absolute Gasteiger partial charge is 0.173 e. The molecule has 14 heteroatoms. The Kier molecular flexibility index (Phi) is 7.57. The summed E-state index contributed by atoms with van der Waals surface area (Å²) >= 11 is 5.60. The van der Waals surface area contributed by atoms with E-state index in [1.54, 1.807) is 31.2 Å². The van der Waals surface area contributed by atoms with Gasteiger partial charge in [-0.1, -0.05) is 6.07 Å². The Balaban J connectivity index is 1.62. The number of aliphatic hydroxyl groups excluding tert-OH is 1. The third kappa shape index (κ3) is 5.35. The number of nitrogens with one attached hydrogen (secondary N) is 1. The molecule has 2 heterocycles. The summed E-state index contributed by atoms with van der Waals surface area (Å²) in [5.74, 6) is -1.70. The quantitative estimate of drug-likeness (QED) is 0.282. The zero-order chi connectivity index (χ0) is 25.7. The summed E-state index contributed by atoms with van der Waals surface area (Å²) in [6.45, 7) is 1.15. The summed E-state index contributed by atoms with van der Waals surface area (Å²) in [5, 5.41) is 40.3. The lowest BCUT2D eigenvalue weighted by Crippen LogP contribution is -2.55. The standard InChI is InChI=1S/C22H23F2N9O2S/c1-15(22(35,11-31-14-25-12-27-31)19-7-2-16(23)10-20(19)24)32(8-9-34)21(36)29-17-3-5-18(6-4-17)33-28-13-26-30-33/h2-7,10,12-15,34-35H,8-9,11H2,1H3,(H,29,36)/t15-,22-/m1/s1. The van der Waals surface area contributed by atoms with Crippen molar-refractivity contribution in [1.82, 2.24) is 39.9 Å². The van der Waals surface area contributed by atoms with Crippen molar-refractivity contribution >= 4 is 23.0 Å². The molecule has 0 aliphatic heterocycles. The zero-order valence-corrected chi connectivity index (χ0v) is 19.9. The van der Waals surface area contributed by atoms with E-state index in [9.17, 15) is 19.0 Å². The lowest BCUT2D eigenvalue weighted by molar-refractivity contribution is -0.0474. The van der Waals surface area contributed by atoms with Crippen LogP contribution in [-0.2, 0) is 12.1 Å². The fraction of sp³-hybridized carbons (Fsp3) is 0.273. The second-order valence-corrected chi connectivity index (χ2v) is 8.32. The van der Waals surface area contributed by atoms with Gasteiger partial charge in [-0.25, -0.2) is 18.4 Å². The lowest BCUT2D eigenvalue weighted by Gasteiger charge is -2.42. The topological polar surface area (TPSA) is 130 Å². The summed E-state index contributed by atoms with van der Waals surface area (Å²) < 4.78 is 29.9. The van der Waals surface area contributed by atoms with Crippen molar-refractivity contribution in [2.45, 2.75) is 25.1 Å². The van der Waals surface area contributed by atoms with Crippen LogP contribution in [0.5, 0.6) is 0 Å². The van der Waals surface area contributed by atoms with Crippen molar-refractivity contribution in [3.05, 3.63) is 78.6 Å². The average Bonchev–Trinajstić information content (AvgIpc) is 3.57. The summed E-state index contributed by atoms with van der Waals surface area (Å²) in [6.07, 6.45) is 3.97. The number of hydrogen-bond acceptors (Lipinski definition) is 8. The van der Waals surface area contributed by atoms with Gasteiger partial charge in [-0.15, -0.1) is 15.0 Å². The van der Waals surface area contributed by atoms with Gasteiger partial charge < -0.3 is 20.4 Å². The molecule has 11 nitrogen and oxygen atoms in total. The van der Waals surface area contributed by atoms with E-state index in [2.05, 4.69) is 30.8 Å². The zero-order valence-electron chi connectivity index (χ0n) is 19.1. The summed E-state index contributed by atoms with van der Waals surface area (Å²) in [7, 11) is 0. The van der Waals surface area contributed by atoms with E-state index in [-0.39, 0.29) is 30.4 Å². The van der Waals surface area contributed by atoms with E-state index in [1.807, 2.05) is 0 Å². The van der Waals surface area contributed by atoms with Crippen LogP contribution in [0.4, 0.5) is 14.5 Å². The van der Waals surface area contributed by atoms with Gasteiger partial charge in [0.15, 0.2) is 11.4 Å². The summed E-state index contributed by atoms with van der Waals surface area (Å²) in [5.41, 5.74) is -0.790. The molecule has 0 bridgehead atoms. The monoisotopic (exact) mass is 515 g/mol. The molecule has 2 atom stereocenters. The summed E-state index contributed by atoms with van der Waals surface area (Å²) in [4.78, 5) is 6.75. The highest BCUT2D eigenvalue weighted by atomic mass is 32.1. The van der Waals surface area contributed by atoms with Gasteiger partial charge in [-0.3, -0.25) is 0 Å². The molecule has 0 saturated heterocycles. The van der Waals surface area contributed by atoms with Gasteiger partial charge in [-0.05, 0) is 54.7 Å². The second kappa shape index (κ2) is 10.8. The Labute approximate surface area is 210 Å². The molecule has 0 aliphatic carbocycles. The van der Waals surface area contributed by atoms with Gasteiger partial charge in [0.2, 0.25) is 0 Å². The summed E-state index contributed by atoms with van der Waals surface area (Å²) in [6, 6.07) is 9.04. The highest BCUT2D eigenvalue weighted by molar-refractivity contribution is 7.80. The average molecular weight is 516 g/mol. The Morgan fingerprint density at radius 3 is 2.56 bits per heavy atom. The molecule has 3 N–H and O–H groups in total. The normalized spacial score (nSPS) is 13.7. The third-order valence-corrected chi connectivity index (χ3v) is 6.06. The van der Waals surface area contributed by atoms with Gasteiger partial charge in [0.1, 0.15) is 29.9 Å². The first kappa shape index (κ1) is 25.2. The van der Waals surface area contributed by atoms with Gasteiger partial charge in [0.25, 0.3) is 0 Å². The van der Waals surface area contributed by atoms with Crippen LogP contribution in [0.2, 0.25) is 0 Å². The molecule has 0 radical (unpaired) electrons. The molecular weight excluding hydrogens is 492 g/mol. The number of aromatic nitrogens is 7. The molecule has 2 aromatic carbocycles. The van der Waals surface area contributed by atoms with Gasteiger partial charge in [0, 0.05) is 23.9 Å². The predicted molar refractivity (Wildman–Crippen MR) is 129 cm³/mol. The van der Waals surface area contributed by atoms with Crippen LogP contribution in [-0.4, -0.2) is 74.4 Å². The largest absolute Gasteiger partial charge is 0.395 e. The van der Waals surface area contributed by atoms with Crippen LogP contribution >= 0.6 is 12.2 Å². The number of anilines is 1. The molecule has 2 aromatic heterocycles. The van der Waals surface area contributed by atoms with E-state index >= 15 is 0 Å². The Bertz CT molecular complexity index is 1290. The highest BCUT2D eigenvalue weighted by Crippen LogP contribution is 2.33. The molecule has 0 spiro atoms. The maximum atomic E-state index is 14.9. The minimum Gasteiger partial charge on any atom is -0.395 e. The fourth-order valence-corrected chi connectivity index (χ4v) is 4.21. The van der Waals surface area contributed by atoms with Crippen LogP contribution in [0.3, 0.4) is 0 Å². The first-order valence-electron chi connectivity index (χ1n) is 10.8. The Hall–Kier alpha value is -3.88.